The summed E-state index contributed by atoms with van der Waals surface area (Å²) < 4.78 is 39.6. The number of nitriles is 1. The van der Waals surface area contributed by atoms with Gasteiger partial charge in [0.25, 0.3) is 0 Å². The van der Waals surface area contributed by atoms with Crippen molar-refractivity contribution in [3.63, 3.8) is 0 Å². The van der Waals surface area contributed by atoms with Crippen LogP contribution in [-0.2, 0) is 16.6 Å². The Morgan fingerprint density at radius 1 is 1.48 bits per heavy atom. The Morgan fingerprint density at radius 3 is 2.62 bits per heavy atom. The van der Waals surface area contributed by atoms with Crippen LogP contribution in [0.15, 0.2) is 18.2 Å². The third kappa shape index (κ3) is 4.95. The van der Waals surface area contributed by atoms with Gasteiger partial charge in [-0.15, -0.1) is 11.6 Å². The average molecular weight is 333 g/mol. The molecular formula is C14H18ClFN2O2S. The molecule has 0 aromatic heterocycles. The topological polar surface area (TPSA) is 61.2 Å². The van der Waals surface area contributed by atoms with E-state index < -0.39 is 15.8 Å². The number of benzene rings is 1. The van der Waals surface area contributed by atoms with Crippen molar-refractivity contribution in [2.45, 2.75) is 20.4 Å². The number of halogens is 2. The molecular weight excluding hydrogens is 315 g/mol. The first-order valence-corrected chi connectivity index (χ1v) is 8.70. The van der Waals surface area contributed by atoms with Gasteiger partial charge in [-0.25, -0.2) is 12.8 Å². The molecule has 0 heterocycles. The summed E-state index contributed by atoms with van der Waals surface area (Å²) in [5.41, 5.74) is 0.455. The third-order valence-electron chi connectivity index (χ3n) is 3.03. The van der Waals surface area contributed by atoms with Crippen LogP contribution in [0.1, 0.15) is 25.0 Å². The fourth-order valence-electron chi connectivity index (χ4n) is 1.85. The first kappa shape index (κ1) is 17.9. The van der Waals surface area contributed by atoms with E-state index in [1.165, 1.54) is 16.4 Å². The normalized spacial score (nSPS) is 13.1. The van der Waals surface area contributed by atoms with Crippen molar-refractivity contribution in [3.8, 4) is 6.07 Å². The van der Waals surface area contributed by atoms with Gasteiger partial charge in [-0.2, -0.15) is 9.57 Å². The van der Waals surface area contributed by atoms with Crippen LogP contribution < -0.4 is 0 Å². The number of alkyl halides is 1. The van der Waals surface area contributed by atoms with Gasteiger partial charge in [0, 0.05) is 24.5 Å². The van der Waals surface area contributed by atoms with E-state index in [-0.39, 0.29) is 41.8 Å². The first-order chi connectivity index (χ1) is 9.83. The summed E-state index contributed by atoms with van der Waals surface area (Å²) in [6, 6.07) is 5.86. The highest BCUT2D eigenvalue weighted by atomic mass is 35.5. The molecule has 0 amide bonds. The Kier molecular flexibility index (Phi) is 6.59. The molecule has 1 aromatic rings. The van der Waals surface area contributed by atoms with E-state index in [2.05, 4.69) is 0 Å². The van der Waals surface area contributed by atoms with Gasteiger partial charge in [-0.3, -0.25) is 0 Å². The highest BCUT2D eigenvalue weighted by Gasteiger charge is 2.24. The molecule has 4 nitrogen and oxygen atoms in total. The van der Waals surface area contributed by atoms with Crippen LogP contribution in [0, 0.1) is 23.1 Å². The maximum atomic E-state index is 13.9. The lowest BCUT2D eigenvalue weighted by Gasteiger charge is -2.22. The van der Waals surface area contributed by atoms with E-state index in [1.807, 2.05) is 6.07 Å². The van der Waals surface area contributed by atoms with E-state index in [9.17, 15) is 12.8 Å². The van der Waals surface area contributed by atoms with Gasteiger partial charge in [0.15, 0.2) is 0 Å². The minimum absolute atomic E-state index is 0.0502. The van der Waals surface area contributed by atoms with Gasteiger partial charge in [0.2, 0.25) is 10.0 Å². The minimum Gasteiger partial charge on any atom is -0.212 e. The Labute approximate surface area is 130 Å². The van der Waals surface area contributed by atoms with Crippen LogP contribution >= 0.6 is 11.6 Å². The number of nitrogens with zero attached hydrogens (tertiary/aromatic N) is 2. The fraction of sp³-hybridized carbons (Fsp3) is 0.500. The lowest BCUT2D eigenvalue weighted by atomic mass is 10.1. The molecule has 1 atom stereocenters. The molecule has 1 aromatic carbocycles. The fourth-order valence-corrected chi connectivity index (χ4v) is 3.87. The molecule has 116 valence electrons. The van der Waals surface area contributed by atoms with Gasteiger partial charge in [-0.05, 0) is 18.1 Å². The van der Waals surface area contributed by atoms with Crippen LogP contribution in [-0.4, -0.2) is 30.9 Å². The van der Waals surface area contributed by atoms with Crippen molar-refractivity contribution in [2.75, 3.05) is 18.2 Å². The van der Waals surface area contributed by atoms with Gasteiger partial charge < -0.3 is 0 Å². The number of hydrogen-bond acceptors (Lipinski definition) is 3. The maximum absolute atomic E-state index is 13.9. The second-order valence-electron chi connectivity index (χ2n) is 4.88. The van der Waals surface area contributed by atoms with E-state index in [1.54, 1.807) is 13.8 Å². The summed E-state index contributed by atoms with van der Waals surface area (Å²) in [7, 11) is -3.50. The zero-order valence-corrected chi connectivity index (χ0v) is 13.6. The minimum atomic E-state index is -3.50. The smallest absolute Gasteiger partial charge is 0.212 e. The molecule has 0 aliphatic carbocycles. The van der Waals surface area contributed by atoms with Gasteiger partial charge in [0.05, 0.1) is 17.4 Å². The predicted molar refractivity (Wildman–Crippen MR) is 80.9 cm³/mol. The lowest BCUT2D eigenvalue weighted by Crippen LogP contribution is -2.34. The molecule has 0 aliphatic rings. The second-order valence-corrected chi connectivity index (χ2v) is 7.20. The predicted octanol–water partition coefficient (Wildman–Crippen LogP) is 2.72. The molecule has 1 rings (SSSR count). The Bertz CT molecular complexity index is 628. The molecule has 7 heteroatoms. The molecule has 0 spiro atoms. The van der Waals surface area contributed by atoms with E-state index >= 15 is 0 Å². The SMILES string of the molecule is CCN(Cc1ccc(C#N)cc1F)S(=O)(=O)CC(C)CCl. The molecule has 0 fully saturated rings. The van der Waals surface area contributed by atoms with Crippen LogP contribution in [0.2, 0.25) is 0 Å². The highest BCUT2D eigenvalue weighted by Crippen LogP contribution is 2.16. The quantitative estimate of drug-likeness (QED) is 0.721. The van der Waals surface area contributed by atoms with Crippen molar-refractivity contribution >= 4 is 21.6 Å². The Morgan fingerprint density at radius 2 is 2.14 bits per heavy atom. The molecule has 0 N–H and O–H groups in total. The van der Waals surface area contributed by atoms with E-state index in [4.69, 9.17) is 16.9 Å². The molecule has 1 unspecified atom stereocenters. The molecule has 21 heavy (non-hydrogen) atoms. The van der Waals surface area contributed by atoms with Crippen molar-refractivity contribution in [2.24, 2.45) is 5.92 Å². The summed E-state index contributed by atoms with van der Waals surface area (Å²) in [6.45, 7) is 3.65. The molecule has 0 bridgehead atoms. The highest BCUT2D eigenvalue weighted by molar-refractivity contribution is 7.89. The Hall–Kier alpha value is -1.16. The van der Waals surface area contributed by atoms with Crippen molar-refractivity contribution < 1.29 is 12.8 Å². The monoisotopic (exact) mass is 332 g/mol. The van der Waals surface area contributed by atoms with E-state index in [0.29, 0.717) is 0 Å². The van der Waals surface area contributed by atoms with Crippen molar-refractivity contribution in [1.29, 1.82) is 5.26 Å². The van der Waals surface area contributed by atoms with Crippen molar-refractivity contribution in [3.05, 3.63) is 35.1 Å². The van der Waals surface area contributed by atoms with Gasteiger partial charge in [-0.1, -0.05) is 19.9 Å². The Balaban J connectivity index is 2.95. The molecule has 0 saturated carbocycles. The van der Waals surface area contributed by atoms with Crippen molar-refractivity contribution in [1.82, 2.24) is 4.31 Å². The molecule has 0 aliphatic heterocycles. The largest absolute Gasteiger partial charge is 0.214 e. The molecule has 0 radical (unpaired) electrons. The third-order valence-corrected chi connectivity index (χ3v) is 5.72. The van der Waals surface area contributed by atoms with Crippen LogP contribution in [0.4, 0.5) is 4.39 Å². The summed E-state index contributed by atoms with van der Waals surface area (Å²) in [4.78, 5) is 0. The number of sulfonamides is 1. The maximum Gasteiger partial charge on any atom is 0.214 e. The van der Waals surface area contributed by atoms with Gasteiger partial charge >= 0.3 is 0 Å². The molecule has 0 saturated heterocycles. The summed E-state index contributed by atoms with van der Waals surface area (Å²) in [5.74, 6) is -0.561. The summed E-state index contributed by atoms with van der Waals surface area (Å²) >= 11 is 5.65. The zero-order chi connectivity index (χ0) is 16.0. The number of hydrogen-bond donors (Lipinski definition) is 0. The lowest BCUT2D eigenvalue weighted by molar-refractivity contribution is 0.411. The number of rotatable bonds is 7. The van der Waals surface area contributed by atoms with Crippen LogP contribution in [0.5, 0.6) is 0 Å². The summed E-state index contributed by atoms with van der Waals surface area (Å²) in [5, 5.41) is 8.70. The van der Waals surface area contributed by atoms with Gasteiger partial charge in [0.1, 0.15) is 5.82 Å². The first-order valence-electron chi connectivity index (χ1n) is 6.56. The van der Waals surface area contributed by atoms with E-state index in [0.717, 1.165) is 6.07 Å². The average Bonchev–Trinajstić information content (AvgIpc) is 2.44. The zero-order valence-electron chi connectivity index (χ0n) is 12.0. The van der Waals surface area contributed by atoms with Crippen LogP contribution in [0.3, 0.4) is 0 Å². The van der Waals surface area contributed by atoms with Crippen LogP contribution in [0.25, 0.3) is 0 Å². The summed E-state index contributed by atoms with van der Waals surface area (Å²) in [6.07, 6.45) is 0. The second kappa shape index (κ2) is 7.74. The standard InChI is InChI=1S/C14H18ClFN2O2S/c1-3-18(21(19,20)10-11(2)7-15)9-13-5-4-12(8-17)6-14(13)16/h4-6,11H,3,7,9-10H2,1-2H3.